The molecule has 5 rings (SSSR count). The first kappa shape index (κ1) is 17.1. The molecule has 5 nitrogen and oxygen atoms in total. The van der Waals surface area contributed by atoms with E-state index in [0.717, 1.165) is 17.8 Å². The summed E-state index contributed by atoms with van der Waals surface area (Å²) in [6.07, 6.45) is 8.97. The van der Waals surface area contributed by atoms with Crippen LogP contribution in [0.1, 0.15) is 48.9 Å². The Hall–Kier alpha value is -1.33. The van der Waals surface area contributed by atoms with Gasteiger partial charge in [-0.25, -0.2) is 0 Å². The van der Waals surface area contributed by atoms with Gasteiger partial charge in [-0.3, -0.25) is 9.59 Å². The Bertz CT molecular complexity index is 694. The van der Waals surface area contributed by atoms with Crippen LogP contribution in [0.4, 0.5) is 0 Å². The van der Waals surface area contributed by atoms with Gasteiger partial charge in [0.15, 0.2) is 0 Å². The quantitative estimate of drug-likeness (QED) is 0.843. The van der Waals surface area contributed by atoms with Crippen LogP contribution in [0.15, 0.2) is 17.1 Å². The van der Waals surface area contributed by atoms with Crippen molar-refractivity contribution in [2.75, 3.05) is 19.7 Å². The molecule has 0 unspecified atom stereocenters. The van der Waals surface area contributed by atoms with Gasteiger partial charge in [0.05, 0.1) is 11.6 Å². The Labute approximate surface area is 152 Å². The van der Waals surface area contributed by atoms with E-state index >= 15 is 0 Å². The van der Waals surface area contributed by atoms with Gasteiger partial charge in [0.1, 0.15) is 5.56 Å². The standard InChI is InChI=1S/C19H25ClN2O3/c20-15-6-16(17(24)21-10-15)18(25)22(1-2-23)11-19-7-12-3-13(8-19)5-14(4-12)9-19/h6,10,12-14,23H,1-5,7-9,11H2,(H,21,24). The average Bonchev–Trinajstić information content (AvgIpc) is 2.54. The molecule has 4 aliphatic rings. The highest BCUT2D eigenvalue weighted by Gasteiger charge is 2.51. The van der Waals surface area contributed by atoms with Crippen molar-refractivity contribution >= 4 is 17.5 Å². The highest BCUT2D eigenvalue weighted by molar-refractivity contribution is 6.30. The number of hydrogen-bond acceptors (Lipinski definition) is 3. The fourth-order valence-electron chi connectivity index (χ4n) is 6.05. The highest BCUT2D eigenvalue weighted by Crippen LogP contribution is 2.60. The van der Waals surface area contributed by atoms with Gasteiger partial charge >= 0.3 is 0 Å². The van der Waals surface area contributed by atoms with E-state index in [9.17, 15) is 14.7 Å². The molecule has 4 bridgehead atoms. The third-order valence-electron chi connectivity index (χ3n) is 6.45. The molecule has 6 heteroatoms. The number of amides is 1. The van der Waals surface area contributed by atoms with E-state index in [-0.39, 0.29) is 30.0 Å². The molecule has 0 saturated heterocycles. The third-order valence-corrected chi connectivity index (χ3v) is 6.67. The van der Waals surface area contributed by atoms with Crippen LogP contribution in [0.2, 0.25) is 5.02 Å². The van der Waals surface area contributed by atoms with E-state index in [0.29, 0.717) is 11.6 Å². The highest BCUT2D eigenvalue weighted by atomic mass is 35.5. The smallest absolute Gasteiger partial charge is 0.260 e. The van der Waals surface area contributed by atoms with Gasteiger partial charge in [-0.1, -0.05) is 11.6 Å². The monoisotopic (exact) mass is 364 g/mol. The molecule has 4 aliphatic carbocycles. The maximum atomic E-state index is 13.0. The van der Waals surface area contributed by atoms with E-state index in [1.165, 1.54) is 50.8 Å². The summed E-state index contributed by atoms with van der Waals surface area (Å²) >= 11 is 5.95. The van der Waals surface area contributed by atoms with Crippen molar-refractivity contribution < 1.29 is 9.90 Å². The fraction of sp³-hybridized carbons (Fsp3) is 0.684. The zero-order valence-corrected chi connectivity index (χ0v) is 15.1. The second-order valence-electron chi connectivity index (χ2n) is 8.43. The molecular formula is C19H25ClN2O3. The zero-order chi connectivity index (χ0) is 17.6. The van der Waals surface area contributed by atoms with Gasteiger partial charge in [-0.05, 0) is 67.8 Å². The van der Waals surface area contributed by atoms with Gasteiger partial charge in [0.2, 0.25) is 0 Å². The third kappa shape index (κ3) is 3.24. The summed E-state index contributed by atoms with van der Waals surface area (Å²) in [5.74, 6) is 2.07. The summed E-state index contributed by atoms with van der Waals surface area (Å²) in [7, 11) is 0. The summed E-state index contributed by atoms with van der Waals surface area (Å²) in [5, 5.41) is 9.80. The van der Waals surface area contributed by atoms with E-state index < -0.39 is 5.56 Å². The van der Waals surface area contributed by atoms with Gasteiger partial charge < -0.3 is 15.0 Å². The number of pyridine rings is 1. The number of carbonyl (C=O) groups excluding carboxylic acids is 1. The number of nitrogens with zero attached hydrogens (tertiary/aromatic N) is 1. The number of hydrogen-bond donors (Lipinski definition) is 2. The normalized spacial score (nSPS) is 32.8. The molecule has 0 aliphatic heterocycles. The first-order valence-corrected chi connectivity index (χ1v) is 9.64. The first-order chi connectivity index (χ1) is 12.0. The molecule has 1 amide bonds. The molecule has 0 radical (unpaired) electrons. The molecule has 4 fully saturated rings. The van der Waals surface area contributed by atoms with Crippen molar-refractivity contribution in [1.29, 1.82) is 0 Å². The minimum Gasteiger partial charge on any atom is -0.395 e. The second-order valence-corrected chi connectivity index (χ2v) is 8.87. The Kier molecular flexibility index (Phi) is 4.40. The maximum absolute atomic E-state index is 13.0. The van der Waals surface area contributed by atoms with E-state index in [1.807, 2.05) is 0 Å². The van der Waals surface area contributed by atoms with Gasteiger partial charge in [0, 0.05) is 19.3 Å². The number of aliphatic hydroxyl groups is 1. The number of aromatic amines is 1. The molecule has 136 valence electrons. The zero-order valence-electron chi connectivity index (χ0n) is 14.3. The van der Waals surface area contributed by atoms with Crippen molar-refractivity contribution in [2.45, 2.75) is 38.5 Å². The molecule has 25 heavy (non-hydrogen) atoms. The van der Waals surface area contributed by atoms with Gasteiger partial charge in [-0.15, -0.1) is 0 Å². The molecule has 1 heterocycles. The van der Waals surface area contributed by atoms with E-state index in [1.54, 1.807) is 4.90 Å². The van der Waals surface area contributed by atoms with Crippen molar-refractivity contribution in [3.8, 4) is 0 Å². The summed E-state index contributed by atoms with van der Waals surface area (Å²) in [6, 6.07) is 1.42. The summed E-state index contributed by atoms with van der Waals surface area (Å²) in [4.78, 5) is 29.2. The van der Waals surface area contributed by atoms with Crippen molar-refractivity contribution in [2.24, 2.45) is 23.2 Å². The molecule has 0 spiro atoms. The second kappa shape index (κ2) is 6.44. The Morgan fingerprint density at radius 3 is 2.40 bits per heavy atom. The molecule has 4 saturated carbocycles. The SMILES string of the molecule is O=C(c1cc(Cl)c[nH]c1=O)N(CCO)CC12CC3CC(CC(C3)C1)C2. The van der Waals surface area contributed by atoms with Crippen LogP contribution in [-0.2, 0) is 0 Å². The van der Waals surface area contributed by atoms with Gasteiger partial charge in [-0.2, -0.15) is 0 Å². The number of halogens is 1. The maximum Gasteiger partial charge on any atom is 0.260 e. The van der Waals surface area contributed by atoms with Crippen molar-refractivity contribution in [1.82, 2.24) is 9.88 Å². The van der Waals surface area contributed by atoms with Crippen molar-refractivity contribution in [3.63, 3.8) is 0 Å². The minimum atomic E-state index is -0.428. The number of nitrogens with one attached hydrogen (secondary N) is 1. The summed E-state index contributed by atoms with van der Waals surface area (Å²) in [6.45, 7) is 0.797. The predicted molar refractivity (Wildman–Crippen MR) is 95.7 cm³/mol. The van der Waals surface area contributed by atoms with E-state index in [2.05, 4.69) is 4.98 Å². The summed E-state index contributed by atoms with van der Waals surface area (Å²) in [5.41, 5.74) is -0.196. The van der Waals surface area contributed by atoms with E-state index in [4.69, 9.17) is 11.6 Å². The number of rotatable bonds is 5. The lowest BCUT2D eigenvalue weighted by atomic mass is 9.49. The van der Waals surface area contributed by atoms with Crippen LogP contribution < -0.4 is 5.56 Å². The van der Waals surface area contributed by atoms with Crippen LogP contribution >= 0.6 is 11.6 Å². The number of aromatic nitrogens is 1. The molecular weight excluding hydrogens is 340 g/mol. The molecule has 0 atom stereocenters. The number of aliphatic hydroxyl groups excluding tert-OH is 1. The van der Waals surface area contributed by atoms with Crippen molar-refractivity contribution in [3.05, 3.63) is 33.2 Å². The summed E-state index contributed by atoms with van der Waals surface area (Å²) < 4.78 is 0. The lowest BCUT2D eigenvalue weighted by molar-refractivity contribution is -0.0662. The van der Waals surface area contributed by atoms with Crippen LogP contribution in [0.25, 0.3) is 0 Å². The largest absolute Gasteiger partial charge is 0.395 e. The fourth-order valence-corrected chi connectivity index (χ4v) is 6.21. The minimum absolute atomic E-state index is 0.0608. The van der Waals surface area contributed by atoms with Crippen LogP contribution in [0, 0.1) is 23.2 Å². The Balaban J connectivity index is 1.58. The molecule has 2 N–H and O–H groups in total. The van der Waals surface area contributed by atoms with Gasteiger partial charge in [0.25, 0.3) is 11.5 Å². The molecule has 1 aromatic rings. The average molecular weight is 365 g/mol. The first-order valence-electron chi connectivity index (χ1n) is 9.26. The molecule has 0 aromatic carbocycles. The Morgan fingerprint density at radius 2 is 1.84 bits per heavy atom. The van der Waals surface area contributed by atoms with Crippen LogP contribution in [0.5, 0.6) is 0 Å². The topological polar surface area (TPSA) is 73.4 Å². The number of carbonyl (C=O) groups is 1. The van der Waals surface area contributed by atoms with Crippen LogP contribution in [0.3, 0.4) is 0 Å². The number of H-pyrrole nitrogens is 1. The lowest BCUT2D eigenvalue weighted by Crippen LogP contribution is -2.53. The molecule has 1 aromatic heterocycles. The van der Waals surface area contributed by atoms with Crippen LogP contribution in [-0.4, -0.2) is 40.6 Å². The predicted octanol–water partition coefficient (Wildman–Crippen LogP) is 2.68. The Morgan fingerprint density at radius 1 is 1.24 bits per heavy atom. The lowest BCUT2D eigenvalue weighted by Gasteiger charge is -2.57.